The molecule has 7 nitrogen and oxygen atoms in total. The summed E-state index contributed by atoms with van der Waals surface area (Å²) < 4.78 is 5.71. The number of anilines is 1. The third-order valence-corrected chi connectivity index (χ3v) is 4.29. The van der Waals surface area contributed by atoms with Crippen molar-refractivity contribution in [3.05, 3.63) is 23.8 Å². The number of carboxylic acid groups (broad SMARTS) is 1. The molecule has 0 bridgehead atoms. The highest BCUT2D eigenvalue weighted by atomic mass is 16.5. The second-order valence-electron chi connectivity index (χ2n) is 6.64. The summed E-state index contributed by atoms with van der Waals surface area (Å²) in [6.07, 6.45) is 2.00. The van der Waals surface area contributed by atoms with E-state index in [9.17, 15) is 14.4 Å². The second-order valence-corrected chi connectivity index (χ2v) is 6.64. The van der Waals surface area contributed by atoms with Gasteiger partial charge in [0.15, 0.2) is 0 Å². The van der Waals surface area contributed by atoms with Gasteiger partial charge < -0.3 is 20.1 Å². The molecule has 142 valence electrons. The molecule has 0 aromatic heterocycles. The lowest BCUT2D eigenvalue weighted by molar-refractivity contribution is -0.139. The summed E-state index contributed by atoms with van der Waals surface area (Å²) in [5.41, 5.74) is 1.88. The molecule has 0 saturated carbocycles. The van der Waals surface area contributed by atoms with Crippen LogP contribution in [0.4, 0.5) is 5.69 Å². The number of benzene rings is 1. The molecular weight excluding hydrogens is 336 g/mol. The lowest BCUT2D eigenvalue weighted by Crippen LogP contribution is -2.38. The topological polar surface area (TPSA) is 95.9 Å². The van der Waals surface area contributed by atoms with E-state index in [-0.39, 0.29) is 30.8 Å². The Morgan fingerprint density at radius 2 is 2.04 bits per heavy atom. The number of hydrogen-bond donors (Lipinski definition) is 2. The molecule has 2 amide bonds. The Morgan fingerprint density at radius 1 is 1.27 bits per heavy atom. The largest absolute Gasteiger partial charge is 0.494 e. The third kappa shape index (κ3) is 5.75. The molecule has 0 fully saturated rings. The van der Waals surface area contributed by atoms with E-state index >= 15 is 0 Å². The summed E-state index contributed by atoms with van der Waals surface area (Å²) in [7, 11) is 0. The van der Waals surface area contributed by atoms with Gasteiger partial charge in [-0.05, 0) is 50.5 Å². The summed E-state index contributed by atoms with van der Waals surface area (Å²) >= 11 is 0. The van der Waals surface area contributed by atoms with Gasteiger partial charge in [0, 0.05) is 31.1 Å². The van der Waals surface area contributed by atoms with Gasteiger partial charge in [-0.15, -0.1) is 0 Å². The zero-order valence-corrected chi connectivity index (χ0v) is 15.3. The van der Waals surface area contributed by atoms with Gasteiger partial charge in [-0.1, -0.05) is 0 Å². The predicted octanol–water partition coefficient (Wildman–Crippen LogP) is 2.44. The molecule has 0 spiro atoms. The van der Waals surface area contributed by atoms with Gasteiger partial charge in [0.1, 0.15) is 5.75 Å². The first kappa shape index (κ1) is 19.8. The van der Waals surface area contributed by atoms with E-state index < -0.39 is 5.97 Å². The molecule has 1 aliphatic rings. The van der Waals surface area contributed by atoms with Crippen LogP contribution in [0, 0.1) is 0 Å². The minimum Gasteiger partial charge on any atom is -0.494 e. The molecule has 0 saturated heterocycles. The fourth-order valence-electron chi connectivity index (χ4n) is 2.89. The van der Waals surface area contributed by atoms with Crippen molar-refractivity contribution in [1.82, 2.24) is 4.90 Å². The van der Waals surface area contributed by atoms with Crippen LogP contribution in [0.1, 0.15) is 45.1 Å². The molecule has 1 aromatic carbocycles. The number of nitrogens with zero attached hydrogens (tertiary/aromatic N) is 1. The normalized spacial score (nSPS) is 13.1. The molecule has 1 heterocycles. The van der Waals surface area contributed by atoms with Crippen molar-refractivity contribution in [2.45, 2.75) is 52.0 Å². The number of ether oxygens (including phenoxy) is 1. The van der Waals surface area contributed by atoms with E-state index in [1.54, 1.807) is 11.0 Å². The van der Waals surface area contributed by atoms with Crippen LogP contribution < -0.4 is 10.1 Å². The van der Waals surface area contributed by atoms with Crippen molar-refractivity contribution >= 4 is 23.5 Å². The maximum atomic E-state index is 12.3. The average Bonchev–Trinajstić information content (AvgIpc) is 2.58. The minimum atomic E-state index is -0.907. The SMILES string of the molecule is CC(C)N(CCC(=O)O)C(=O)CCCOc1ccc2c(c1)CCC(=O)N2. The summed E-state index contributed by atoms with van der Waals surface area (Å²) in [6.45, 7) is 4.38. The molecule has 26 heavy (non-hydrogen) atoms. The molecule has 0 aliphatic carbocycles. The number of carbonyl (C=O) groups is 3. The number of carboxylic acids is 1. The van der Waals surface area contributed by atoms with Crippen LogP contribution in [-0.2, 0) is 20.8 Å². The van der Waals surface area contributed by atoms with Gasteiger partial charge in [-0.2, -0.15) is 0 Å². The quantitative estimate of drug-likeness (QED) is 0.658. The molecule has 1 aliphatic heterocycles. The Hall–Kier alpha value is -2.57. The molecule has 0 atom stereocenters. The molecule has 1 aromatic rings. The van der Waals surface area contributed by atoms with Gasteiger partial charge in [0.25, 0.3) is 0 Å². The predicted molar refractivity (Wildman–Crippen MR) is 97.2 cm³/mol. The van der Waals surface area contributed by atoms with E-state index in [1.165, 1.54) is 0 Å². The van der Waals surface area contributed by atoms with E-state index in [0.717, 1.165) is 17.0 Å². The van der Waals surface area contributed by atoms with Crippen LogP contribution in [0.3, 0.4) is 0 Å². The zero-order valence-electron chi connectivity index (χ0n) is 15.3. The maximum absolute atomic E-state index is 12.3. The standard InChI is InChI=1S/C19H26N2O5/c1-13(2)21(10-9-19(24)25)18(23)4-3-11-26-15-6-7-16-14(12-15)5-8-17(22)20-16/h6-7,12-13H,3-5,8-11H2,1-2H3,(H,20,22)(H,24,25). The third-order valence-electron chi connectivity index (χ3n) is 4.29. The first-order chi connectivity index (χ1) is 12.4. The van der Waals surface area contributed by atoms with E-state index in [1.807, 2.05) is 26.0 Å². The zero-order chi connectivity index (χ0) is 19.1. The van der Waals surface area contributed by atoms with E-state index in [0.29, 0.717) is 32.3 Å². The molecule has 2 N–H and O–H groups in total. The lowest BCUT2D eigenvalue weighted by Gasteiger charge is -2.26. The number of aliphatic carboxylic acids is 1. The Labute approximate surface area is 153 Å². The Bertz CT molecular complexity index is 672. The highest BCUT2D eigenvalue weighted by Gasteiger charge is 2.18. The number of carbonyl (C=O) groups excluding carboxylic acids is 2. The monoisotopic (exact) mass is 362 g/mol. The highest BCUT2D eigenvalue weighted by Crippen LogP contribution is 2.26. The van der Waals surface area contributed by atoms with Crippen molar-refractivity contribution in [2.24, 2.45) is 0 Å². The molecular formula is C19H26N2O5. The number of fused-ring (bicyclic) bond motifs is 1. The van der Waals surface area contributed by atoms with E-state index in [4.69, 9.17) is 9.84 Å². The van der Waals surface area contributed by atoms with Crippen molar-refractivity contribution in [2.75, 3.05) is 18.5 Å². The van der Waals surface area contributed by atoms with Crippen LogP contribution in [0.15, 0.2) is 18.2 Å². The van der Waals surface area contributed by atoms with Crippen molar-refractivity contribution < 1.29 is 24.2 Å². The van der Waals surface area contributed by atoms with Crippen LogP contribution in [0.5, 0.6) is 5.75 Å². The van der Waals surface area contributed by atoms with Gasteiger partial charge in [-0.25, -0.2) is 0 Å². The van der Waals surface area contributed by atoms with Crippen LogP contribution in [0.25, 0.3) is 0 Å². The Morgan fingerprint density at radius 3 is 2.73 bits per heavy atom. The number of aryl methyl sites for hydroxylation is 1. The maximum Gasteiger partial charge on any atom is 0.305 e. The number of rotatable bonds is 9. The van der Waals surface area contributed by atoms with Crippen LogP contribution >= 0.6 is 0 Å². The summed E-state index contributed by atoms with van der Waals surface area (Å²) in [6, 6.07) is 5.53. The Balaban J connectivity index is 1.78. The fourth-order valence-corrected chi connectivity index (χ4v) is 2.89. The smallest absolute Gasteiger partial charge is 0.305 e. The van der Waals surface area contributed by atoms with Crippen molar-refractivity contribution in [3.63, 3.8) is 0 Å². The second kappa shape index (κ2) is 9.22. The lowest BCUT2D eigenvalue weighted by atomic mass is 10.0. The number of nitrogens with one attached hydrogen (secondary N) is 1. The van der Waals surface area contributed by atoms with Gasteiger partial charge in [0.2, 0.25) is 11.8 Å². The molecule has 0 radical (unpaired) electrons. The van der Waals surface area contributed by atoms with Crippen LogP contribution in [-0.4, -0.2) is 47.0 Å². The van der Waals surface area contributed by atoms with Crippen molar-refractivity contribution in [3.8, 4) is 5.75 Å². The molecule has 2 rings (SSSR count). The van der Waals surface area contributed by atoms with Crippen LogP contribution in [0.2, 0.25) is 0 Å². The molecule has 0 unspecified atom stereocenters. The number of amides is 2. The first-order valence-corrected chi connectivity index (χ1v) is 8.93. The Kier molecular flexibility index (Phi) is 7.00. The highest BCUT2D eigenvalue weighted by molar-refractivity contribution is 5.94. The molecule has 7 heteroatoms. The fraction of sp³-hybridized carbons (Fsp3) is 0.526. The van der Waals surface area contributed by atoms with Gasteiger partial charge in [-0.3, -0.25) is 14.4 Å². The summed E-state index contributed by atoms with van der Waals surface area (Å²) in [4.78, 5) is 35.9. The van der Waals surface area contributed by atoms with Gasteiger partial charge >= 0.3 is 5.97 Å². The average molecular weight is 362 g/mol. The summed E-state index contributed by atoms with van der Waals surface area (Å²) in [5, 5.41) is 11.6. The first-order valence-electron chi connectivity index (χ1n) is 8.93. The van der Waals surface area contributed by atoms with E-state index in [2.05, 4.69) is 5.32 Å². The minimum absolute atomic E-state index is 0.0291. The van der Waals surface area contributed by atoms with Gasteiger partial charge in [0.05, 0.1) is 13.0 Å². The summed E-state index contributed by atoms with van der Waals surface area (Å²) in [5.74, 6) is -0.213. The van der Waals surface area contributed by atoms with Crippen molar-refractivity contribution in [1.29, 1.82) is 0 Å². The number of hydrogen-bond acceptors (Lipinski definition) is 4.